The molecule has 1 N–H and O–H groups in total. The van der Waals surface area contributed by atoms with E-state index in [4.69, 9.17) is 0 Å². The third-order valence-electron chi connectivity index (χ3n) is 3.67. The summed E-state index contributed by atoms with van der Waals surface area (Å²) in [5.41, 5.74) is 3.61. The van der Waals surface area contributed by atoms with Gasteiger partial charge < -0.3 is 10.2 Å². The Labute approximate surface area is 115 Å². The van der Waals surface area contributed by atoms with Gasteiger partial charge in [0.15, 0.2) is 0 Å². The molecule has 102 valence electrons. The lowest BCUT2D eigenvalue weighted by Crippen LogP contribution is -2.38. The molecule has 1 atom stereocenters. The molecule has 1 unspecified atom stereocenters. The summed E-state index contributed by atoms with van der Waals surface area (Å²) >= 11 is 0. The minimum Gasteiger partial charge on any atom is -0.366 e. The molecule has 2 rings (SSSR count). The summed E-state index contributed by atoms with van der Waals surface area (Å²) in [6.07, 6.45) is 2.23. The van der Waals surface area contributed by atoms with Crippen molar-refractivity contribution >= 4 is 5.69 Å². The number of nitrogens with one attached hydrogen (secondary N) is 1. The van der Waals surface area contributed by atoms with E-state index in [0.29, 0.717) is 6.04 Å². The number of anilines is 1. The van der Waals surface area contributed by atoms with Gasteiger partial charge in [0, 0.05) is 24.8 Å². The van der Waals surface area contributed by atoms with Gasteiger partial charge in [-0.1, -0.05) is 6.92 Å². The Balaban J connectivity index is 2.43. The largest absolute Gasteiger partial charge is 0.366 e. The van der Waals surface area contributed by atoms with Crippen LogP contribution in [0.5, 0.6) is 0 Å². The Kier molecular flexibility index (Phi) is 4.39. The van der Waals surface area contributed by atoms with Crippen LogP contribution in [-0.2, 0) is 0 Å². The van der Waals surface area contributed by atoms with Crippen molar-refractivity contribution < 1.29 is 0 Å². The molecule has 19 heavy (non-hydrogen) atoms. The van der Waals surface area contributed by atoms with Gasteiger partial charge >= 0.3 is 0 Å². The molecule has 0 saturated carbocycles. The molecule has 1 fully saturated rings. The van der Waals surface area contributed by atoms with E-state index in [9.17, 15) is 5.26 Å². The van der Waals surface area contributed by atoms with Crippen molar-refractivity contribution in [2.24, 2.45) is 0 Å². The van der Waals surface area contributed by atoms with Crippen molar-refractivity contribution in [1.29, 1.82) is 5.26 Å². The quantitative estimate of drug-likeness (QED) is 0.899. The Morgan fingerprint density at radius 2 is 2.32 bits per heavy atom. The normalized spacial score (nSPS) is 18.3. The van der Waals surface area contributed by atoms with Crippen LogP contribution in [-0.4, -0.2) is 30.7 Å². The summed E-state index contributed by atoms with van der Waals surface area (Å²) in [4.78, 5) is 6.80. The maximum atomic E-state index is 9.42. The van der Waals surface area contributed by atoms with Crippen molar-refractivity contribution in [3.63, 3.8) is 0 Å². The molecule has 4 nitrogen and oxygen atoms in total. The third-order valence-corrected chi connectivity index (χ3v) is 3.67. The highest BCUT2D eigenvalue weighted by Crippen LogP contribution is 2.27. The van der Waals surface area contributed by atoms with Crippen molar-refractivity contribution in [3.05, 3.63) is 23.0 Å². The molecular weight excluding hydrogens is 236 g/mol. The van der Waals surface area contributed by atoms with Gasteiger partial charge in [-0.05, 0) is 39.3 Å². The predicted octanol–water partition coefficient (Wildman–Crippen LogP) is 2.15. The van der Waals surface area contributed by atoms with Crippen LogP contribution in [0.3, 0.4) is 0 Å². The number of nitriles is 1. The Bertz CT molecular complexity index is 484. The van der Waals surface area contributed by atoms with Crippen molar-refractivity contribution in [2.75, 3.05) is 24.5 Å². The molecule has 1 saturated heterocycles. The van der Waals surface area contributed by atoms with Crippen LogP contribution < -0.4 is 10.2 Å². The zero-order valence-corrected chi connectivity index (χ0v) is 12.0. The van der Waals surface area contributed by atoms with Crippen LogP contribution in [0.2, 0.25) is 0 Å². The lowest BCUT2D eigenvalue weighted by Gasteiger charge is -2.31. The topological polar surface area (TPSA) is 52.0 Å². The van der Waals surface area contributed by atoms with Gasteiger partial charge in [-0.15, -0.1) is 0 Å². The average Bonchev–Trinajstić information content (AvgIpc) is 2.88. The summed E-state index contributed by atoms with van der Waals surface area (Å²) in [7, 11) is 0. The zero-order valence-electron chi connectivity index (χ0n) is 12.0. The summed E-state index contributed by atoms with van der Waals surface area (Å²) in [6.45, 7) is 9.16. The summed E-state index contributed by atoms with van der Waals surface area (Å²) in [6, 6.07) is 4.88. The first-order chi connectivity index (χ1) is 9.17. The van der Waals surface area contributed by atoms with E-state index in [-0.39, 0.29) is 0 Å². The highest BCUT2D eigenvalue weighted by molar-refractivity contribution is 5.62. The van der Waals surface area contributed by atoms with Crippen LogP contribution >= 0.6 is 0 Å². The fourth-order valence-electron chi connectivity index (χ4n) is 2.82. The van der Waals surface area contributed by atoms with Crippen molar-refractivity contribution in [1.82, 2.24) is 10.3 Å². The molecule has 1 aliphatic heterocycles. The molecule has 1 aromatic rings. The SMILES string of the molecule is CCCN(c1cc(C)nc(C)c1C#N)C1CCNC1. The third kappa shape index (κ3) is 2.87. The van der Waals surface area contributed by atoms with Crippen LogP contribution in [0.1, 0.15) is 36.7 Å². The number of aryl methyl sites for hydroxylation is 2. The molecule has 4 heteroatoms. The summed E-state index contributed by atoms with van der Waals surface area (Å²) in [5, 5.41) is 12.8. The Hall–Kier alpha value is -1.60. The predicted molar refractivity (Wildman–Crippen MR) is 77.3 cm³/mol. The molecule has 1 aliphatic rings. The minimum atomic E-state index is 0.494. The molecule has 2 heterocycles. The van der Waals surface area contributed by atoms with E-state index in [1.54, 1.807) is 0 Å². The lowest BCUT2D eigenvalue weighted by atomic mass is 10.1. The average molecular weight is 258 g/mol. The lowest BCUT2D eigenvalue weighted by molar-refractivity contribution is 0.624. The fourth-order valence-corrected chi connectivity index (χ4v) is 2.82. The number of nitrogens with zero attached hydrogens (tertiary/aromatic N) is 3. The maximum Gasteiger partial charge on any atom is 0.103 e. The molecular formula is C15H22N4. The molecule has 0 radical (unpaired) electrons. The second-order valence-corrected chi connectivity index (χ2v) is 5.19. The molecule has 0 aromatic carbocycles. The van der Waals surface area contributed by atoms with Crippen LogP contribution in [0, 0.1) is 25.2 Å². The van der Waals surface area contributed by atoms with Crippen molar-refractivity contribution in [3.8, 4) is 6.07 Å². The monoisotopic (exact) mass is 258 g/mol. The highest BCUT2D eigenvalue weighted by atomic mass is 15.2. The number of aromatic nitrogens is 1. The van der Waals surface area contributed by atoms with E-state index >= 15 is 0 Å². The van der Waals surface area contributed by atoms with E-state index in [1.807, 2.05) is 13.8 Å². The van der Waals surface area contributed by atoms with Crippen molar-refractivity contribution in [2.45, 2.75) is 39.7 Å². The van der Waals surface area contributed by atoms with Gasteiger partial charge in [0.1, 0.15) is 6.07 Å². The van der Waals surface area contributed by atoms with E-state index < -0.39 is 0 Å². The van der Waals surface area contributed by atoms with Gasteiger partial charge in [0.25, 0.3) is 0 Å². The fraction of sp³-hybridized carbons (Fsp3) is 0.600. The standard InChI is InChI=1S/C15H22N4/c1-4-7-19(13-5-6-17-10-13)15-8-11(2)18-12(3)14(15)9-16/h8,13,17H,4-7,10H2,1-3H3. The minimum absolute atomic E-state index is 0.494. The number of hydrogen-bond donors (Lipinski definition) is 1. The first-order valence-electron chi connectivity index (χ1n) is 7.03. The van der Waals surface area contributed by atoms with E-state index in [2.05, 4.69) is 34.3 Å². The summed E-state index contributed by atoms with van der Waals surface area (Å²) in [5.74, 6) is 0. The van der Waals surface area contributed by atoms with E-state index in [0.717, 1.165) is 55.1 Å². The zero-order chi connectivity index (χ0) is 13.8. The molecule has 0 aliphatic carbocycles. The second kappa shape index (κ2) is 6.03. The maximum absolute atomic E-state index is 9.42. The van der Waals surface area contributed by atoms with Crippen LogP contribution in [0.4, 0.5) is 5.69 Å². The van der Waals surface area contributed by atoms with Crippen LogP contribution in [0.25, 0.3) is 0 Å². The first kappa shape index (κ1) is 13.8. The summed E-state index contributed by atoms with van der Waals surface area (Å²) < 4.78 is 0. The molecule has 0 spiro atoms. The number of rotatable bonds is 4. The highest BCUT2D eigenvalue weighted by Gasteiger charge is 2.24. The number of pyridine rings is 1. The Morgan fingerprint density at radius 1 is 1.53 bits per heavy atom. The van der Waals surface area contributed by atoms with Gasteiger partial charge in [0.2, 0.25) is 0 Å². The molecule has 0 amide bonds. The van der Waals surface area contributed by atoms with Gasteiger partial charge in [-0.3, -0.25) is 4.98 Å². The molecule has 1 aromatic heterocycles. The van der Waals surface area contributed by atoms with E-state index in [1.165, 1.54) is 0 Å². The van der Waals surface area contributed by atoms with Gasteiger partial charge in [0.05, 0.1) is 16.9 Å². The van der Waals surface area contributed by atoms with Crippen LogP contribution in [0.15, 0.2) is 6.07 Å². The first-order valence-corrected chi connectivity index (χ1v) is 7.03. The number of hydrogen-bond acceptors (Lipinski definition) is 4. The second-order valence-electron chi connectivity index (χ2n) is 5.19. The molecule has 0 bridgehead atoms. The smallest absolute Gasteiger partial charge is 0.103 e. The van der Waals surface area contributed by atoms with Gasteiger partial charge in [-0.25, -0.2) is 0 Å². The Morgan fingerprint density at radius 3 is 2.89 bits per heavy atom. The van der Waals surface area contributed by atoms with Gasteiger partial charge in [-0.2, -0.15) is 5.26 Å².